The van der Waals surface area contributed by atoms with Gasteiger partial charge in [0.1, 0.15) is 12.4 Å². The van der Waals surface area contributed by atoms with Crippen molar-refractivity contribution in [1.82, 2.24) is 4.90 Å². The summed E-state index contributed by atoms with van der Waals surface area (Å²) >= 11 is 3.35. The molecular formula is C17H17BrFN3O2. The van der Waals surface area contributed by atoms with Crippen LogP contribution in [0.1, 0.15) is 5.56 Å². The molecule has 0 saturated heterocycles. The highest BCUT2D eigenvalue weighted by atomic mass is 79.9. The van der Waals surface area contributed by atoms with E-state index in [0.717, 1.165) is 10.0 Å². The third-order valence-corrected chi connectivity index (χ3v) is 3.80. The minimum atomic E-state index is -0.567. The predicted octanol–water partition coefficient (Wildman–Crippen LogP) is 4.00. The van der Waals surface area contributed by atoms with Gasteiger partial charge in [-0.2, -0.15) is 0 Å². The molecule has 2 aromatic rings. The Morgan fingerprint density at radius 1 is 1.12 bits per heavy atom. The molecule has 0 bridgehead atoms. The predicted molar refractivity (Wildman–Crippen MR) is 95.6 cm³/mol. The van der Waals surface area contributed by atoms with Gasteiger partial charge in [0, 0.05) is 17.2 Å². The van der Waals surface area contributed by atoms with Crippen molar-refractivity contribution in [2.24, 2.45) is 0 Å². The number of anilines is 2. The van der Waals surface area contributed by atoms with Crippen LogP contribution < -0.4 is 10.6 Å². The number of hydrogen-bond donors (Lipinski definition) is 2. The van der Waals surface area contributed by atoms with Crippen molar-refractivity contribution in [2.75, 3.05) is 24.2 Å². The summed E-state index contributed by atoms with van der Waals surface area (Å²) in [6, 6.07) is 10.7. The molecule has 0 aliphatic heterocycles. The van der Waals surface area contributed by atoms with Gasteiger partial charge in [-0.1, -0.05) is 28.1 Å². The Labute approximate surface area is 148 Å². The van der Waals surface area contributed by atoms with E-state index in [1.807, 2.05) is 19.1 Å². The zero-order chi connectivity index (χ0) is 17.7. The number of urea groups is 1. The maximum Gasteiger partial charge on any atom is 0.322 e. The lowest BCUT2D eigenvalue weighted by atomic mass is 10.2. The lowest BCUT2D eigenvalue weighted by Gasteiger charge is -2.18. The van der Waals surface area contributed by atoms with E-state index < -0.39 is 11.8 Å². The highest BCUT2D eigenvalue weighted by Gasteiger charge is 2.15. The molecule has 24 heavy (non-hydrogen) atoms. The first-order valence-electron chi connectivity index (χ1n) is 7.19. The number of likely N-dealkylation sites (N-methyl/N-ethyl adjacent to an activating group) is 1. The summed E-state index contributed by atoms with van der Waals surface area (Å²) in [5.41, 5.74) is 1.64. The molecule has 0 aromatic heterocycles. The van der Waals surface area contributed by atoms with E-state index in [-0.39, 0.29) is 18.1 Å². The molecule has 0 atom stereocenters. The van der Waals surface area contributed by atoms with Crippen molar-refractivity contribution in [3.63, 3.8) is 0 Å². The summed E-state index contributed by atoms with van der Waals surface area (Å²) in [7, 11) is 1.46. The van der Waals surface area contributed by atoms with Crippen LogP contribution in [0.2, 0.25) is 0 Å². The molecule has 0 aliphatic carbocycles. The Hall–Kier alpha value is -2.41. The Kier molecular flexibility index (Phi) is 5.92. The van der Waals surface area contributed by atoms with Gasteiger partial charge in [0.2, 0.25) is 5.91 Å². The fraction of sp³-hybridized carbons (Fsp3) is 0.176. The van der Waals surface area contributed by atoms with Crippen LogP contribution in [0, 0.1) is 12.7 Å². The number of benzene rings is 2. The summed E-state index contributed by atoms with van der Waals surface area (Å²) in [4.78, 5) is 25.3. The van der Waals surface area contributed by atoms with Crippen molar-refractivity contribution in [2.45, 2.75) is 6.92 Å². The van der Waals surface area contributed by atoms with Crippen molar-refractivity contribution in [3.05, 3.63) is 58.3 Å². The highest BCUT2D eigenvalue weighted by molar-refractivity contribution is 9.10. The Bertz CT molecular complexity index is 767. The van der Waals surface area contributed by atoms with Crippen LogP contribution in [-0.4, -0.2) is 30.4 Å². The highest BCUT2D eigenvalue weighted by Crippen LogP contribution is 2.20. The number of aryl methyl sites for hydroxylation is 1. The molecule has 5 nitrogen and oxygen atoms in total. The largest absolute Gasteiger partial charge is 0.324 e. The van der Waals surface area contributed by atoms with Gasteiger partial charge in [-0.15, -0.1) is 0 Å². The fourth-order valence-corrected chi connectivity index (χ4v) is 2.49. The quantitative estimate of drug-likeness (QED) is 0.824. The maximum atomic E-state index is 13.5. The molecule has 126 valence electrons. The van der Waals surface area contributed by atoms with E-state index >= 15 is 0 Å². The maximum absolute atomic E-state index is 13.5. The number of nitrogens with one attached hydrogen (secondary N) is 2. The molecule has 3 amide bonds. The van der Waals surface area contributed by atoms with Gasteiger partial charge in [0.25, 0.3) is 0 Å². The molecule has 0 unspecified atom stereocenters. The lowest BCUT2D eigenvalue weighted by Crippen LogP contribution is -2.37. The van der Waals surface area contributed by atoms with Crippen LogP contribution in [0.5, 0.6) is 0 Å². The topological polar surface area (TPSA) is 61.4 Å². The zero-order valence-electron chi connectivity index (χ0n) is 13.3. The van der Waals surface area contributed by atoms with Crippen molar-refractivity contribution in [3.8, 4) is 0 Å². The second-order valence-electron chi connectivity index (χ2n) is 5.27. The third kappa shape index (κ3) is 4.79. The second kappa shape index (κ2) is 7.92. The Morgan fingerprint density at radius 2 is 1.83 bits per heavy atom. The molecule has 2 rings (SSSR count). The molecule has 2 N–H and O–H groups in total. The van der Waals surface area contributed by atoms with Gasteiger partial charge in [-0.3, -0.25) is 4.79 Å². The molecule has 0 heterocycles. The summed E-state index contributed by atoms with van der Waals surface area (Å²) in [6.07, 6.45) is 0. The van der Waals surface area contributed by atoms with Crippen molar-refractivity contribution >= 4 is 39.2 Å². The van der Waals surface area contributed by atoms with Gasteiger partial charge in [0.15, 0.2) is 0 Å². The number of halogens is 2. The van der Waals surface area contributed by atoms with E-state index in [1.54, 1.807) is 12.1 Å². The van der Waals surface area contributed by atoms with Crippen LogP contribution in [0.25, 0.3) is 0 Å². The van der Waals surface area contributed by atoms with E-state index in [4.69, 9.17) is 0 Å². The Morgan fingerprint density at radius 3 is 2.50 bits per heavy atom. The summed E-state index contributed by atoms with van der Waals surface area (Å²) < 4.78 is 14.4. The Balaban J connectivity index is 1.93. The summed E-state index contributed by atoms with van der Waals surface area (Å²) in [6.45, 7) is 1.71. The monoisotopic (exact) mass is 393 g/mol. The van der Waals surface area contributed by atoms with E-state index in [2.05, 4.69) is 26.6 Å². The number of carbonyl (C=O) groups is 2. The number of rotatable bonds is 4. The minimum Gasteiger partial charge on any atom is -0.324 e. The fourth-order valence-electron chi connectivity index (χ4n) is 2.02. The van der Waals surface area contributed by atoms with Crippen LogP contribution in [0.4, 0.5) is 20.6 Å². The van der Waals surface area contributed by atoms with Crippen LogP contribution in [0.15, 0.2) is 46.9 Å². The SMILES string of the molecule is Cc1cc(Br)ccc1NC(=O)CN(C)C(=O)Nc1ccccc1F. The van der Waals surface area contributed by atoms with Crippen LogP contribution >= 0.6 is 15.9 Å². The zero-order valence-corrected chi connectivity index (χ0v) is 14.9. The molecule has 0 aliphatic rings. The molecule has 7 heteroatoms. The first kappa shape index (κ1) is 17.9. The van der Waals surface area contributed by atoms with Crippen molar-refractivity contribution < 1.29 is 14.0 Å². The lowest BCUT2D eigenvalue weighted by molar-refractivity contribution is -0.116. The third-order valence-electron chi connectivity index (χ3n) is 3.31. The van der Waals surface area contributed by atoms with Crippen LogP contribution in [-0.2, 0) is 4.79 Å². The van der Waals surface area contributed by atoms with E-state index in [0.29, 0.717) is 5.69 Å². The number of para-hydroxylation sites is 1. The summed E-state index contributed by atoms with van der Waals surface area (Å²) in [5, 5.41) is 5.17. The van der Waals surface area contributed by atoms with E-state index in [1.165, 1.54) is 30.1 Å². The molecule has 2 aromatic carbocycles. The van der Waals surface area contributed by atoms with Gasteiger partial charge < -0.3 is 15.5 Å². The average molecular weight is 394 g/mol. The number of hydrogen-bond acceptors (Lipinski definition) is 2. The average Bonchev–Trinajstić information content (AvgIpc) is 2.52. The van der Waals surface area contributed by atoms with Gasteiger partial charge >= 0.3 is 6.03 Å². The molecule has 0 fully saturated rings. The number of amides is 3. The normalized spacial score (nSPS) is 10.2. The molecule has 0 saturated carbocycles. The number of carbonyl (C=O) groups excluding carboxylic acids is 2. The van der Waals surface area contributed by atoms with Gasteiger partial charge in [0.05, 0.1) is 5.69 Å². The second-order valence-corrected chi connectivity index (χ2v) is 6.19. The standard InChI is InChI=1S/C17H17BrFN3O2/c1-11-9-12(18)7-8-14(11)20-16(23)10-22(2)17(24)21-15-6-4-3-5-13(15)19/h3-9H,10H2,1-2H3,(H,20,23)(H,21,24). The van der Waals surface area contributed by atoms with E-state index in [9.17, 15) is 14.0 Å². The van der Waals surface area contributed by atoms with Crippen molar-refractivity contribution in [1.29, 1.82) is 0 Å². The van der Waals surface area contributed by atoms with Crippen LogP contribution in [0.3, 0.4) is 0 Å². The minimum absolute atomic E-state index is 0.0681. The first-order valence-corrected chi connectivity index (χ1v) is 7.99. The summed E-state index contributed by atoms with van der Waals surface area (Å²) in [5.74, 6) is -0.874. The first-order chi connectivity index (χ1) is 11.4. The molecule has 0 radical (unpaired) electrons. The molecular weight excluding hydrogens is 377 g/mol. The van der Waals surface area contributed by atoms with Gasteiger partial charge in [-0.25, -0.2) is 9.18 Å². The van der Waals surface area contributed by atoms with Gasteiger partial charge in [-0.05, 0) is 42.8 Å². The molecule has 0 spiro atoms. The number of nitrogens with zero attached hydrogens (tertiary/aromatic N) is 1. The smallest absolute Gasteiger partial charge is 0.322 e.